The van der Waals surface area contributed by atoms with Gasteiger partial charge in [0.05, 0.1) is 5.25 Å². The van der Waals surface area contributed by atoms with E-state index in [1.807, 2.05) is 45.0 Å². The van der Waals surface area contributed by atoms with E-state index in [1.165, 1.54) is 11.8 Å². The Labute approximate surface area is 110 Å². The number of carbonyl (C=O) groups is 1. The van der Waals surface area contributed by atoms with Gasteiger partial charge in [-0.3, -0.25) is 4.79 Å². The van der Waals surface area contributed by atoms with Gasteiger partial charge in [0.1, 0.15) is 5.52 Å². The lowest BCUT2D eigenvalue weighted by molar-refractivity contribution is -0.120. The van der Waals surface area contributed by atoms with Gasteiger partial charge in [0, 0.05) is 6.04 Å². The van der Waals surface area contributed by atoms with Gasteiger partial charge in [-0.2, -0.15) is 0 Å². The van der Waals surface area contributed by atoms with E-state index in [4.69, 9.17) is 4.42 Å². The first kappa shape index (κ1) is 13.0. The van der Waals surface area contributed by atoms with Crippen LogP contribution in [0.2, 0.25) is 0 Å². The first-order chi connectivity index (χ1) is 8.56. The maximum Gasteiger partial charge on any atom is 0.257 e. The normalized spacial score (nSPS) is 12.9. The van der Waals surface area contributed by atoms with Gasteiger partial charge in [0.2, 0.25) is 5.91 Å². The van der Waals surface area contributed by atoms with E-state index in [0.717, 1.165) is 11.1 Å². The van der Waals surface area contributed by atoms with Crippen molar-refractivity contribution in [3.63, 3.8) is 0 Å². The number of aromatic nitrogens is 1. The first-order valence-electron chi connectivity index (χ1n) is 5.89. The summed E-state index contributed by atoms with van der Waals surface area (Å²) in [4.78, 5) is 16.1. The van der Waals surface area contributed by atoms with Crippen LogP contribution in [0.15, 0.2) is 33.9 Å². The van der Waals surface area contributed by atoms with Crippen molar-refractivity contribution < 1.29 is 9.21 Å². The molecule has 1 N–H and O–H groups in total. The largest absolute Gasteiger partial charge is 0.431 e. The third-order valence-electron chi connectivity index (χ3n) is 2.35. The number of amides is 1. The zero-order valence-corrected chi connectivity index (χ0v) is 11.5. The van der Waals surface area contributed by atoms with Crippen LogP contribution in [-0.4, -0.2) is 22.2 Å². The zero-order valence-electron chi connectivity index (χ0n) is 10.6. The summed E-state index contributed by atoms with van der Waals surface area (Å²) in [6, 6.07) is 7.71. The lowest BCUT2D eigenvalue weighted by Crippen LogP contribution is -2.35. The summed E-state index contributed by atoms with van der Waals surface area (Å²) in [5.74, 6) is -0.00254. The van der Waals surface area contributed by atoms with Crippen molar-refractivity contribution in [3.8, 4) is 0 Å². The fourth-order valence-corrected chi connectivity index (χ4v) is 2.27. The average molecular weight is 264 g/mol. The lowest BCUT2D eigenvalue weighted by Gasteiger charge is -2.12. The molecule has 2 aromatic rings. The van der Waals surface area contributed by atoms with Crippen molar-refractivity contribution >= 4 is 28.8 Å². The summed E-state index contributed by atoms with van der Waals surface area (Å²) in [6.45, 7) is 5.72. The van der Waals surface area contributed by atoms with Gasteiger partial charge < -0.3 is 9.73 Å². The Morgan fingerprint density at radius 3 is 2.72 bits per heavy atom. The standard InChI is InChI=1S/C13H16N2O2S/c1-8(2)14-12(16)9(3)18-13-15-10-6-4-5-7-11(10)17-13/h4-9H,1-3H3,(H,14,16). The molecule has 1 atom stereocenters. The van der Waals surface area contributed by atoms with Crippen molar-refractivity contribution in [2.75, 3.05) is 0 Å². The van der Waals surface area contributed by atoms with Gasteiger partial charge >= 0.3 is 0 Å². The molecular formula is C13H16N2O2S. The van der Waals surface area contributed by atoms with Gasteiger partial charge in [-0.15, -0.1) is 0 Å². The van der Waals surface area contributed by atoms with E-state index in [1.54, 1.807) is 0 Å². The molecule has 18 heavy (non-hydrogen) atoms. The van der Waals surface area contributed by atoms with E-state index >= 15 is 0 Å². The minimum Gasteiger partial charge on any atom is -0.431 e. The molecule has 4 nitrogen and oxygen atoms in total. The van der Waals surface area contributed by atoms with Crippen LogP contribution in [0.5, 0.6) is 0 Å². The molecule has 2 rings (SSSR count). The molecular weight excluding hydrogens is 248 g/mol. The summed E-state index contributed by atoms with van der Waals surface area (Å²) in [6.07, 6.45) is 0. The molecule has 0 aliphatic carbocycles. The molecule has 5 heteroatoms. The zero-order chi connectivity index (χ0) is 13.1. The van der Waals surface area contributed by atoms with E-state index < -0.39 is 0 Å². The summed E-state index contributed by atoms with van der Waals surface area (Å²) in [5, 5.41) is 3.18. The number of fused-ring (bicyclic) bond motifs is 1. The average Bonchev–Trinajstić information content (AvgIpc) is 2.69. The van der Waals surface area contributed by atoms with Crippen LogP contribution in [0.4, 0.5) is 0 Å². The molecule has 1 heterocycles. The fourth-order valence-electron chi connectivity index (χ4n) is 1.51. The second kappa shape index (κ2) is 5.44. The molecule has 1 amide bonds. The lowest BCUT2D eigenvalue weighted by atomic mass is 10.3. The summed E-state index contributed by atoms with van der Waals surface area (Å²) >= 11 is 1.33. The van der Waals surface area contributed by atoms with Crippen LogP contribution in [0.1, 0.15) is 20.8 Å². The number of nitrogens with zero attached hydrogens (tertiary/aromatic N) is 1. The molecule has 1 aromatic carbocycles. The van der Waals surface area contributed by atoms with Crippen molar-refractivity contribution in [1.29, 1.82) is 0 Å². The Hall–Kier alpha value is -1.49. The SMILES string of the molecule is CC(C)NC(=O)C(C)Sc1nc2ccccc2o1. The maximum absolute atomic E-state index is 11.8. The Kier molecular flexibility index (Phi) is 3.91. The predicted octanol–water partition coefficient (Wildman–Crippen LogP) is 2.83. The third kappa shape index (κ3) is 3.04. The number of oxazole rings is 1. The van der Waals surface area contributed by atoms with Crippen LogP contribution < -0.4 is 5.32 Å². The molecule has 1 aromatic heterocycles. The van der Waals surface area contributed by atoms with Crippen molar-refractivity contribution in [2.24, 2.45) is 0 Å². The third-order valence-corrected chi connectivity index (χ3v) is 3.30. The van der Waals surface area contributed by atoms with Crippen LogP contribution in [0.25, 0.3) is 11.1 Å². The second-order valence-corrected chi connectivity index (χ2v) is 5.66. The Morgan fingerprint density at radius 1 is 1.33 bits per heavy atom. The van der Waals surface area contributed by atoms with Crippen LogP contribution in [0, 0.1) is 0 Å². The van der Waals surface area contributed by atoms with Gasteiger partial charge in [0.25, 0.3) is 5.22 Å². The van der Waals surface area contributed by atoms with Gasteiger partial charge in [0.15, 0.2) is 5.58 Å². The van der Waals surface area contributed by atoms with E-state index in [0.29, 0.717) is 5.22 Å². The summed E-state index contributed by atoms with van der Waals surface area (Å²) in [5.41, 5.74) is 1.56. The molecule has 0 aliphatic rings. The maximum atomic E-state index is 11.8. The number of para-hydroxylation sites is 2. The Morgan fingerprint density at radius 2 is 2.06 bits per heavy atom. The molecule has 1 unspecified atom stereocenters. The van der Waals surface area contributed by atoms with E-state index in [2.05, 4.69) is 10.3 Å². The molecule has 0 bridgehead atoms. The van der Waals surface area contributed by atoms with Crippen LogP contribution >= 0.6 is 11.8 Å². The molecule has 0 radical (unpaired) electrons. The molecule has 96 valence electrons. The Bertz CT molecular complexity index is 518. The topological polar surface area (TPSA) is 55.1 Å². The predicted molar refractivity (Wildman–Crippen MR) is 72.6 cm³/mol. The van der Waals surface area contributed by atoms with Crippen molar-refractivity contribution in [1.82, 2.24) is 10.3 Å². The molecule has 0 fully saturated rings. The van der Waals surface area contributed by atoms with Gasteiger partial charge in [-0.1, -0.05) is 23.9 Å². The summed E-state index contributed by atoms with van der Waals surface area (Å²) in [7, 11) is 0. The molecule has 0 saturated heterocycles. The van der Waals surface area contributed by atoms with E-state index in [-0.39, 0.29) is 17.2 Å². The number of carbonyl (C=O) groups excluding carboxylic acids is 1. The fraction of sp³-hybridized carbons (Fsp3) is 0.385. The quantitative estimate of drug-likeness (QED) is 0.863. The van der Waals surface area contributed by atoms with E-state index in [9.17, 15) is 4.79 Å². The number of nitrogens with one attached hydrogen (secondary N) is 1. The van der Waals surface area contributed by atoms with Crippen LogP contribution in [0.3, 0.4) is 0 Å². The number of hydrogen-bond acceptors (Lipinski definition) is 4. The molecule has 0 aliphatic heterocycles. The minimum absolute atomic E-state index is 0.00254. The number of benzene rings is 1. The highest BCUT2D eigenvalue weighted by Gasteiger charge is 2.18. The van der Waals surface area contributed by atoms with Crippen molar-refractivity contribution in [2.45, 2.75) is 37.3 Å². The smallest absolute Gasteiger partial charge is 0.257 e. The van der Waals surface area contributed by atoms with Gasteiger partial charge in [-0.25, -0.2) is 4.98 Å². The first-order valence-corrected chi connectivity index (χ1v) is 6.77. The molecule has 0 spiro atoms. The second-order valence-electron chi connectivity index (χ2n) is 4.37. The number of thioether (sulfide) groups is 1. The number of hydrogen-bond donors (Lipinski definition) is 1. The van der Waals surface area contributed by atoms with Gasteiger partial charge in [-0.05, 0) is 32.9 Å². The monoisotopic (exact) mass is 264 g/mol. The van der Waals surface area contributed by atoms with Crippen molar-refractivity contribution in [3.05, 3.63) is 24.3 Å². The highest BCUT2D eigenvalue weighted by molar-refractivity contribution is 8.00. The summed E-state index contributed by atoms with van der Waals surface area (Å²) < 4.78 is 5.57. The Balaban J connectivity index is 2.06. The molecule has 0 saturated carbocycles. The highest BCUT2D eigenvalue weighted by Crippen LogP contribution is 2.26. The minimum atomic E-state index is -0.222. The van der Waals surface area contributed by atoms with Crippen LogP contribution in [-0.2, 0) is 4.79 Å². The number of rotatable bonds is 4. The highest BCUT2D eigenvalue weighted by atomic mass is 32.2.